The van der Waals surface area contributed by atoms with Crippen molar-refractivity contribution in [3.8, 4) is 0 Å². The number of benzene rings is 2. The van der Waals surface area contributed by atoms with E-state index in [0.29, 0.717) is 17.0 Å². The molecule has 0 aliphatic rings. The highest BCUT2D eigenvalue weighted by Crippen LogP contribution is 2.24. The molecule has 0 atom stereocenters. The molecule has 2 aromatic carbocycles. The Morgan fingerprint density at radius 2 is 1.81 bits per heavy atom. The van der Waals surface area contributed by atoms with Crippen molar-refractivity contribution in [3.63, 3.8) is 0 Å². The molecule has 21 heavy (non-hydrogen) atoms. The Morgan fingerprint density at radius 3 is 2.48 bits per heavy atom. The van der Waals surface area contributed by atoms with Crippen LogP contribution in [0.3, 0.4) is 0 Å². The van der Waals surface area contributed by atoms with Crippen LogP contribution in [-0.2, 0) is 0 Å². The second-order valence-electron chi connectivity index (χ2n) is 5.09. The Balaban J connectivity index is 2.00. The molecule has 3 aromatic rings. The fourth-order valence-corrected chi connectivity index (χ4v) is 2.46. The maximum absolute atomic E-state index is 12.6. The van der Waals surface area contributed by atoms with E-state index in [0.717, 1.165) is 16.5 Å². The molecule has 1 aromatic heterocycles. The first kappa shape index (κ1) is 13.4. The van der Waals surface area contributed by atoms with Gasteiger partial charge < -0.3 is 9.42 Å². The lowest BCUT2D eigenvalue weighted by atomic mass is 10.1. The Bertz CT molecular complexity index is 801. The SMILES string of the molecule is Cc1noc(C)c1C(=O)N(C)c1ccc2ccccc2c1. The minimum atomic E-state index is -0.110. The normalized spacial score (nSPS) is 10.8. The summed E-state index contributed by atoms with van der Waals surface area (Å²) in [5.41, 5.74) is 1.99. The molecule has 1 heterocycles. The first-order valence-electron chi connectivity index (χ1n) is 6.77. The van der Waals surface area contributed by atoms with Crippen molar-refractivity contribution in [2.75, 3.05) is 11.9 Å². The number of hydrogen-bond donors (Lipinski definition) is 0. The van der Waals surface area contributed by atoms with Gasteiger partial charge in [-0.05, 0) is 36.8 Å². The molecule has 4 heteroatoms. The first-order valence-corrected chi connectivity index (χ1v) is 6.77. The average Bonchev–Trinajstić information content (AvgIpc) is 2.84. The van der Waals surface area contributed by atoms with Gasteiger partial charge in [-0.25, -0.2) is 0 Å². The molecule has 0 radical (unpaired) electrons. The monoisotopic (exact) mass is 280 g/mol. The van der Waals surface area contributed by atoms with Gasteiger partial charge in [0.05, 0.1) is 5.69 Å². The second kappa shape index (κ2) is 5.05. The largest absolute Gasteiger partial charge is 0.361 e. The van der Waals surface area contributed by atoms with Crippen molar-refractivity contribution >= 4 is 22.4 Å². The van der Waals surface area contributed by atoms with Gasteiger partial charge in [-0.15, -0.1) is 0 Å². The fourth-order valence-electron chi connectivity index (χ4n) is 2.46. The summed E-state index contributed by atoms with van der Waals surface area (Å²) in [6.07, 6.45) is 0. The molecule has 3 rings (SSSR count). The van der Waals surface area contributed by atoms with Crippen molar-refractivity contribution in [2.45, 2.75) is 13.8 Å². The number of carbonyl (C=O) groups excluding carboxylic acids is 1. The van der Waals surface area contributed by atoms with Gasteiger partial charge >= 0.3 is 0 Å². The van der Waals surface area contributed by atoms with E-state index in [2.05, 4.69) is 11.2 Å². The molecule has 0 unspecified atom stereocenters. The number of fused-ring (bicyclic) bond motifs is 1. The molecule has 0 bridgehead atoms. The third-order valence-electron chi connectivity index (χ3n) is 3.67. The molecular formula is C17H16N2O2. The number of nitrogens with zero attached hydrogens (tertiary/aromatic N) is 2. The third-order valence-corrected chi connectivity index (χ3v) is 3.67. The van der Waals surface area contributed by atoms with Gasteiger partial charge in [0.15, 0.2) is 0 Å². The average molecular weight is 280 g/mol. The van der Waals surface area contributed by atoms with Gasteiger partial charge in [-0.1, -0.05) is 35.5 Å². The van der Waals surface area contributed by atoms with Crippen molar-refractivity contribution in [2.24, 2.45) is 0 Å². The summed E-state index contributed by atoms with van der Waals surface area (Å²) in [4.78, 5) is 14.2. The van der Waals surface area contributed by atoms with Crippen LogP contribution in [0.2, 0.25) is 0 Å². The number of carbonyl (C=O) groups is 1. The predicted octanol–water partition coefficient (Wildman–Crippen LogP) is 3.72. The second-order valence-corrected chi connectivity index (χ2v) is 5.09. The van der Waals surface area contributed by atoms with E-state index >= 15 is 0 Å². The van der Waals surface area contributed by atoms with Crippen LogP contribution in [0, 0.1) is 13.8 Å². The topological polar surface area (TPSA) is 46.3 Å². The van der Waals surface area contributed by atoms with Crippen molar-refractivity contribution < 1.29 is 9.32 Å². The van der Waals surface area contributed by atoms with E-state index in [1.807, 2.05) is 36.4 Å². The zero-order chi connectivity index (χ0) is 15.0. The lowest BCUT2D eigenvalue weighted by Gasteiger charge is -2.17. The van der Waals surface area contributed by atoms with Gasteiger partial charge in [0, 0.05) is 12.7 Å². The van der Waals surface area contributed by atoms with Gasteiger partial charge in [0.2, 0.25) is 0 Å². The van der Waals surface area contributed by atoms with Crippen LogP contribution >= 0.6 is 0 Å². The summed E-state index contributed by atoms with van der Waals surface area (Å²) in [6, 6.07) is 14.0. The molecule has 106 valence electrons. The van der Waals surface area contributed by atoms with Crippen LogP contribution in [-0.4, -0.2) is 18.1 Å². The van der Waals surface area contributed by atoms with Gasteiger partial charge in [0.1, 0.15) is 11.3 Å². The van der Waals surface area contributed by atoms with Crippen LogP contribution in [0.5, 0.6) is 0 Å². The first-order chi connectivity index (χ1) is 10.1. The third kappa shape index (κ3) is 2.29. The minimum Gasteiger partial charge on any atom is -0.361 e. The van der Waals surface area contributed by atoms with Crippen molar-refractivity contribution in [3.05, 3.63) is 59.5 Å². The minimum absolute atomic E-state index is 0.110. The number of anilines is 1. The van der Waals surface area contributed by atoms with Crippen LogP contribution in [0.1, 0.15) is 21.8 Å². The Labute approximate surface area is 123 Å². The lowest BCUT2D eigenvalue weighted by molar-refractivity contribution is 0.0991. The molecule has 0 N–H and O–H groups in total. The van der Waals surface area contributed by atoms with Crippen LogP contribution in [0.4, 0.5) is 5.69 Å². The van der Waals surface area contributed by atoms with Gasteiger partial charge in [-0.3, -0.25) is 4.79 Å². The van der Waals surface area contributed by atoms with E-state index < -0.39 is 0 Å². The summed E-state index contributed by atoms with van der Waals surface area (Å²) >= 11 is 0. The van der Waals surface area contributed by atoms with Crippen LogP contribution < -0.4 is 4.90 Å². The molecule has 0 aliphatic carbocycles. The van der Waals surface area contributed by atoms with Crippen LogP contribution in [0.15, 0.2) is 47.0 Å². The zero-order valence-electron chi connectivity index (χ0n) is 12.3. The summed E-state index contributed by atoms with van der Waals surface area (Å²) in [5.74, 6) is 0.437. The highest BCUT2D eigenvalue weighted by atomic mass is 16.5. The number of aromatic nitrogens is 1. The van der Waals surface area contributed by atoms with Gasteiger partial charge in [-0.2, -0.15) is 0 Å². The predicted molar refractivity (Wildman–Crippen MR) is 82.7 cm³/mol. The molecule has 0 aliphatic heterocycles. The number of hydrogen-bond acceptors (Lipinski definition) is 3. The highest BCUT2D eigenvalue weighted by molar-refractivity contribution is 6.07. The maximum atomic E-state index is 12.6. The lowest BCUT2D eigenvalue weighted by Crippen LogP contribution is -2.27. The van der Waals surface area contributed by atoms with Crippen molar-refractivity contribution in [1.29, 1.82) is 0 Å². The molecule has 0 saturated carbocycles. The van der Waals surface area contributed by atoms with E-state index in [1.165, 1.54) is 0 Å². The fraction of sp³-hybridized carbons (Fsp3) is 0.176. The molecule has 0 fully saturated rings. The van der Waals surface area contributed by atoms with E-state index in [9.17, 15) is 4.79 Å². The Kier molecular flexibility index (Phi) is 3.22. The number of amides is 1. The maximum Gasteiger partial charge on any atom is 0.263 e. The summed E-state index contributed by atoms with van der Waals surface area (Å²) in [5, 5.41) is 6.10. The quantitative estimate of drug-likeness (QED) is 0.718. The van der Waals surface area contributed by atoms with E-state index in [-0.39, 0.29) is 5.91 Å². The summed E-state index contributed by atoms with van der Waals surface area (Å²) in [6.45, 7) is 3.53. The molecule has 1 amide bonds. The highest BCUT2D eigenvalue weighted by Gasteiger charge is 2.22. The molecule has 4 nitrogen and oxygen atoms in total. The van der Waals surface area contributed by atoms with Gasteiger partial charge in [0.25, 0.3) is 5.91 Å². The van der Waals surface area contributed by atoms with Crippen molar-refractivity contribution in [1.82, 2.24) is 5.16 Å². The number of aryl methyl sites for hydroxylation is 2. The Morgan fingerprint density at radius 1 is 1.10 bits per heavy atom. The molecule has 0 saturated heterocycles. The smallest absolute Gasteiger partial charge is 0.263 e. The van der Waals surface area contributed by atoms with E-state index in [4.69, 9.17) is 4.52 Å². The van der Waals surface area contributed by atoms with E-state index in [1.54, 1.807) is 25.8 Å². The summed E-state index contributed by atoms with van der Waals surface area (Å²) < 4.78 is 5.08. The molecule has 0 spiro atoms. The standard InChI is InChI=1S/C17H16N2O2/c1-11-16(12(2)21-18-11)17(20)19(3)15-9-8-13-6-4-5-7-14(13)10-15/h4-10H,1-3H3. The number of rotatable bonds is 2. The summed E-state index contributed by atoms with van der Waals surface area (Å²) in [7, 11) is 1.76. The molecular weight excluding hydrogens is 264 g/mol. The van der Waals surface area contributed by atoms with Crippen LogP contribution in [0.25, 0.3) is 10.8 Å². The Hall–Kier alpha value is -2.62. The zero-order valence-corrected chi connectivity index (χ0v) is 12.3.